The molecule has 31 heavy (non-hydrogen) atoms. The SMILES string of the molecule is CCN1CCN(c2ccc(NC(=O)c3ccc(OCc4cscn4)cc3)c(C)c2)CC1. The average molecular weight is 437 g/mol. The fourth-order valence-corrected chi connectivity index (χ4v) is 4.21. The van der Waals surface area contributed by atoms with Crippen molar-refractivity contribution in [2.24, 2.45) is 0 Å². The van der Waals surface area contributed by atoms with E-state index in [9.17, 15) is 4.79 Å². The molecule has 4 rings (SSSR count). The number of carbonyl (C=O) groups is 1. The van der Waals surface area contributed by atoms with Crippen LogP contribution in [-0.2, 0) is 6.61 Å². The first-order valence-corrected chi connectivity index (χ1v) is 11.6. The molecule has 3 aromatic rings. The highest BCUT2D eigenvalue weighted by Gasteiger charge is 2.17. The summed E-state index contributed by atoms with van der Waals surface area (Å²) in [4.78, 5) is 21.8. The van der Waals surface area contributed by atoms with Crippen LogP contribution in [0.15, 0.2) is 53.4 Å². The van der Waals surface area contributed by atoms with Crippen molar-refractivity contribution in [3.63, 3.8) is 0 Å². The first-order valence-electron chi connectivity index (χ1n) is 10.6. The minimum Gasteiger partial charge on any atom is -0.487 e. The molecule has 0 bridgehead atoms. The van der Waals surface area contributed by atoms with Gasteiger partial charge in [-0.1, -0.05) is 6.92 Å². The molecule has 162 valence electrons. The van der Waals surface area contributed by atoms with Gasteiger partial charge in [0.1, 0.15) is 12.4 Å². The average Bonchev–Trinajstić information content (AvgIpc) is 3.33. The van der Waals surface area contributed by atoms with E-state index >= 15 is 0 Å². The fraction of sp³-hybridized carbons (Fsp3) is 0.333. The number of carbonyl (C=O) groups excluding carboxylic acids is 1. The molecule has 1 aliphatic heterocycles. The third kappa shape index (κ3) is 5.42. The van der Waals surface area contributed by atoms with Gasteiger partial charge < -0.3 is 19.9 Å². The number of benzene rings is 2. The highest BCUT2D eigenvalue weighted by Crippen LogP contribution is 2.24. The largest absolute Gasteiger partial charge is 0.487 e. The van der Waals surface area contributed by atoms with Crippen molar-refractivity contribution in [1.82, 2.24) is 9.88 Å². The van der Waals surface area contributed by atoms with E-state index in [-0.39, 0.29) is 5.91 Å². The van der Waals surface area contributed by atoms with Gasteiger partial charge >= 0.3 is 0 Å². The van der Waals surface area contributed by atoms with Gasteiger partial charge in [-0.3, -0.25) is 4.79 Å². The molecule has 7 heteroatoms. The fourth-order valence-electron chi connectivity index (χ4n) is 3.67. The maximum atomic E-state index is 12.7. The second kappa shape index (κ2) is 9.94. The summed E-state index contributed by atoms with van der Waals surface area (Å²) in [6.45, 7) is 10.0. The van der Waals surface area contributed by atoms with Gasteiger partial charge in [0.25, 0.3) is 5.91 Å². The summed E-state index contributed by atoms with van der Waals surface area (Å²) in [5.41, 5.74) is 6.40. The molecule has 1 amide bonds. The Morgan fingerprint density at radius 2 is 1.90 bits per heavy atom. The van der Waals surface area contributed by atoms with Gasteiger partial charge in [0.15, 0.2) is 0 Å². The van der Waals surface area contributed by atoms with Gasteiger partial charge in [-0.25, -0.2) is 4.98 Å². The summed E-state index contributed by atoms with van der Waals surface area (Å²) in [6.07, 6.45) is 0. The molecular weight excluding hydrogens is 408 g/mol. The first kappa shape index (κ1) is 21.3. The molecule has 0 aliphatic carbocycles. The monoisotopic (exact) mass is 436 g/mol. The lowest BCUT2D eigenvalue weighted by Gasteiger charge is -2.35. The molecule has 1 fully saturated rings. The minimum atomic E-state index is -0.126. The molecule has 1 N–H and O–H groups in total. The molecule has 0 atom stereocenters. The van der Waals surface area contributed by atoms with Crippen LogP contribution in [-0.4, -0.2) is 48.5 Å². The molecule has 6 nitrogen and oxygen atoms in total. The van der Waals surface area contributed by atoms with E-state index in [0.29, 0.717) is 17.9 Å². The first-order chi connectivity index (χ1) is 15.1. The number of ether oxygens (including phenoxy) is 1. The Bertz CT molecular complexity index is 997. The normalized spacial score (nSPS) is 14.5. The van der Waals surface area contributed by atoms with Crippen LogP contribution in [0.3, 0.4) is 0 Å². The van der Waals surface area contributed by atoms with Crippen LogP contribution in [0.2, 0.25) is 0 Å². The highest BCUT2D eigenvalue weighted by atomic mass is 32.1. The lowest BCUT2D eigenvalue weighted by molar-refractivity contribution is 0.102. The predicted octanol–water partition coefficient (Wildman–Crippen LogP) is 4.42. The van der Waals surface area contributed by atoms with Crippen LogP contribution in [0.5, 0.6) is 5.75 Å². The van der Waals surface area contributed by atoms with Crippen molar-refractivity contribution < 1.29 is 9.53 Å². The quantitative estimate of drug-likeness (QED) is 0.594. The molecule has 2 heterocycles. The maximum absolute atomic E-state index is 12.7. The molecule has 2 aromatic carbocycles. The molecular formula is C24H28N4O2S. The predicted molar refractivity (Wildman–Crippen MR) is 126 cm³/mol. The summed E-state index contributed by atoms with van der Waals surface area (Å²) < 4.78 is 5.71. The summed E-state index contributed by atoms with van der Waals surface area (Å²) >= 11 is 1.54. The summed E-state index contributed by atoms with van der Waals surface area (Å²) in [7, 11) is 0. The highest BCUT2D eigenvalue weighted by molar-refractivity contribution is 7.07. The number of rotatable bonds is 7. The topological polar surface area (TPSA) is 57.7 Å². The Morgan fingerprint density at radius 1 is 1.13 bits per heavy atom. The van der Waals surface area contributed by atoms with Crippen molar-refractivity contribution in [3.8, 4) is 5.75 Å². The molecule has 0 saturated carbocycles. The summed E-state index contributed by atoms with van der Waals surface area (Å²) in [5.74, 6) is 0.590. The van der Waals surface area contributed by atoms with Crippen LogP contribution < -0.4 is 15.0 Å². The molecule has 1 saturated heterocycles. The van der Waals surface area contributed by atoms with Gasteiger partial charge in [-0.05, 0) is 61.5 Å². The van der Waals surface area contributed by atoms with Gasteiger partial charge in [-0.2, -0.15) is 0 Å². The molecule has 1 aliphatic rings. The van der Waals surface area contributed by atoms with Gasteiger partial charge in [0.2, 0.25) is 0 Å². The Kier molecular flexibility index (Phi) is 6.84. The number of thiazole rings is 1. The van der Waals surface area contributed by atoms with E-state index in [2.05, 4.69) is 39.2 Å². The maximum Gasteiger partial charge on any atom is 0.255 e. The second-order valence-electron chi connectivity index (χ2n) is 7.67. The zero-order valence-corrected chi connectivity index (χ0v) is 18.8. The van der Waals surface area contributed by atoms with Crippen molar-refractivity contribution in [1.29, 1.82) is 0 Å². The van der Waals surface area contributed by atoms with E-state index in [0.717, 1.165) is 49.7 Å². The van der Waals surface area contributed by atoms with E-state index < -0.39 is 0 Å². The van der Waals surface area contributed by atoms with E-state index in [1.54, 1.807) is 29.0 Å². The third-order valence-corrected chi connectivity index (χ3v) is 6.26. The zero-order chi connectivity index (χ0) is 21.6. The smallest absolute Gasteiger partial charge is 0.255 e. The number of anilines is 2. The van der Waals surface area contributed by atoms with Crippen molar-refractivity contribution in [2.45, 2.75) is 20.5 Å². The van der Waals surface area contributed by atoms with Crippen LogP contribution in [0.25, 0.3) is 0 Å². The Morgan fingerprint density at radius 3 is 2.55 bits per heavy atom. The lowest BCUT2D eigenvalue weighted by atomic mass is 10.1. The molecule has 1 aromatic heterocycles. The van der Waals surface area contributed by atoms with Crippen molar-refractivity contribution in [2.75, 3.05) is 42.9 Å². The van der Waals surface area contributed by atoms with Gasteiger partial charge in [-0.15, -0.1) is 11.3 Å². The number of hydrogen-bond acceptors (Lipinski definition) is 6. The van der Waals surface area contributed by atoms with Gasteiger partial charge in [0, 0.05) is 48.5 Å². The van der Waals surface area contributed by atoms with E-state index in [1.807, 2.05) is 30.5 Å². The number of piperazine rings is 1. The van der Waals surface area contributed by atoms with E-state index in [4.69, 9.17) is 4.74 Å². The number of nitrogens with one attached hydrogen (secondary N) is 1. The Labute approximate surface area is 187 Å². The lowest BCUT2D eigenvalue weighted by Crippen LogP contribution is -2.46. The molecule has 0 spiro atoms. The minimum absolute atomic E-state index is 0.126. The number of aryl methyl sites for hydroxylation is 1. The van der Waals surface area contributed by atoms with Crippen LogP contribution in [0.4, 0.5) is 11.4 Å². The van der Waals surface area contributed by atoms with Crippen molar-refractivity contribution >= 4 is 28.6 Å². The summed E-state index contributed by atoms with van der Waals surface area (Å²) in [6, 6.07) is 13.4. The third-order valence-electron chi connectivity index (χ3n) is 5.63. The zero-order valence-electron chi connectivity index (χ0n) is 18.0. The molecule has 0 unspecified atom stereocenters. The Balaban J connectivity index is 1.34. The number of nitrogens with zero attached hydrogens (tertiary/aromatic N) is 3. The second-order valence-corrected chi connectivity index (χ2v) is 8.39. The van der Waals surface area contributed by atoms with E-state index in [1.165, 1.54) is 5.69 Å². The number of likely N-dealkylation sites (N-methyl/N-ethyl adjacent to an activating group) is 1. The number of hydrogen-bond donors (Lipinski definition) is 1. The van der Waals surface area contributed by atoms with Crippen molar-refractivity contribution in [3.05, 3.63) is 70.2 Å². The van der Waals surface area contributed by atoms with Crippen LogP contribution in [0, 0.1) is 6.92 Å². The standard InChI is InChI=1S/C24H28N4O2S/c1-3-27-10-12-28(13-11-27)21-6-9-23(18(2)14-21)26-24(29)19-4-7-22(8-5-19)30-15-20-16-31-17-25-20/h4-9,14,16-17H,3,10-13,15H2,1-2H3,(H,26,29). The number of amides is 1. The summed E-state index contributed by atoms with van der Waals surface area (Å²) in [5, 5.41) is 4.99. The van der Waals surface area contributed by atoms with Crippen LogP contribution >= 0.6 is 11.3 Å². The van der Waals surface area contributed by atoms with Crippen LogP contribution in [0.1, 0.15) is 28.5 Å². The Hall–Kier alpha value is -2.90. The molecule has 0 radical (unpaired) electrons. The number of aromatic nitrogens is 1. The van der Waals surface area contributed by atoms with Gasteiger partial charge in [0.05, 0.1) is 11.2 Å².